The predicted molar refractivity (Wildman–Crippen MR) is 31.2 cm³/mol. The second kappa shape index (κ2) is 5.03. The van der Waals surface area contributed by atoms with Crippen LogP contribution in [-0.4, -0.2) is 19.8 Å². The fourth-order valence-electron chi connectivity index (χ4n) is 0.460. The SMILES string of the molecule is CCC(CON)OC. The third-order valence-electron chi connectivity index (χ3n) is 1.07. The van der Waals surface area contributed by atoms with Crippen LogP contribution in [0.15, 0.2) is 0 Å². The monoisotopic (exact) mass is 119 g/mol. The fraction of sp³-hybridized carbons (Fsp3) is 1.00. The van der Waals surface area contributed by atoms with Gasteiger partial charge in [-0.25, -0.2) is 5.90 Å². The lowest BCUT2D eigenvalue weighted by molar-refractivity contribution is 0.00635. The zero-order chi connectivity index (χ0) is 6.41. The third-order valence-corrected chi connectivity index (χ3v) is 1.07. The lowest BCUT2D eigenvalue weighted by Gasteiger charge is -2.09. The second-order valence-corrected chi connectivity index (χ2v) is 1.60. The van der Waals surface area contributed by atoms with Gasteiger partial charge in [0.25, 0.3) is 0 Å². The number of rotatable bonds is 4. The van der Waals surface area contributed by atoms with Crippen molar-refractivity contribution in [3.63, 3.8) is 0 Å². The molecule has 8 heavy (non-hydrogen) atoms. The Hall–Kier alpha value is -0.120. The zero-order valence-electron chi connectivity index (χ0n) is 5.39. The van der Waals surface area contributed by atoms with E-state index in [0.29, 0.717) is 6.61 Å². The lowest BCUT2D eigenvalue weighted by Crippen LogP contribution is -2.19. The minimum atomic E-state index is 0.153. The molecule has 3 heteroatoms. The van der Waals surface area contributed by atoms with E-state index in [1.165, 1.54) is 0 Å². The highest BCUT2D eigenvalue weighted by molar-refractivity contribution is 4.49. The topological polar surface area (TPSA) is 44.5 Å². The molecule has 0 aliphatic heterocycles. The Morgan fingerprint density at radius 2 is 2.25 bits per heavy atom. The highest BCUT2D eigenvalue weighted by Gasteiger charge is 2.00. The first-order valence-corrected chi connectivity index (χ1v) is 2.69. The van der Waals surface area contributed by atoms with Crippen molar-refractivity contribution in [3.8, 4) is 0 Å². The van der Waals surface area contributed by atoms with Crippen molar-refractivity contribution in [2.75, 3.05) is 13.7 Å². The Bertz CT molecular complexity index is 45.7. The summed E-state index contributed by atoms with van der Waals surface area (Å²) in [5, 5.41) is 0. The zero-order valence-corrected chi connectivity index (χ0v) is 5.39. The molecule has 0 aromatic carbocycles. The Morgan fingerprint density at radius 3 is 2.38 bits per heavy atom. The molecule has 0 fully saturated rings. The molecular formula is C5H13NO2. The van der Waals surface area contributed by atoms with Crippen LogP contribution in [0, 0.1) is 0 Å². The summed E-state index contributed by atoms with van der Waals surface area (Å²) in [4.78, 5) is 4.36. The van der Waals surface area contributed by atoms with Crippen LogP contribution in [-0.2, 0) is 9.57 Å². The molecule has 0 rings (SSSR count). The van der Waals surface area contributed by atoms with Gasteiger partial charge in [0.05, 0.1) is 12.7 Å². The van der Waals surface area contributed by atoms with Crippen molar-refractivity contribution >= 4 is 0 Å². The van der Waals surface area contributed by atoms with Crippen LogP contribution in [0.25, 0.3) is 0 Å². The molecule has 3 nitrogen and oxygen atoms in total. The number of hydrogen-bond donors (Lipinski definition) is 1. The standard InChI is InChI=1S/C5H13NO2/c1-3-5(7-2)4-8-6/h5H,3-4,6H2,1-2H3. The van der Waals surface area contributed by atoms with Crippen molar-refractivity contribution in [2.24, 2.45) is 5.90 Å². The summed E-state index contributed by atoms with van der Waals surface area (Å²) in [6, 6.07) is 0. The number of nitrogens with two attached hydrogens (primary N) is 1. The summed E-state index contributed by atoms with van der Waals surface area (Å²) in [5.74, 6) is 4.80. The first-order chi connectivity index (χ1) is 3.85. The van der Waals surface area contributed by atoms with Gasteiger partial charge in [-0.2, -0.15) is 0 Å². The lowest BCUT2D eigenvalue weighted by atomic mass is 10.3. The van der Waals surface area contributed by atoms with Crippen LogP contribution < -0.4 is 5.90 Å². The van der Waals surface area contributed by atoms with E-state index in [0.717, 1.165) is 6.42 Å². The molecule has 1 unspecified atom stereocenters. The molecule has 0 bridgehead atoms. The smallest absolute Gasteiger partial charge is 0.0941 e. The highest BCUT2D eigenvalue weighted by atomic mass is 16.6. The van der Waals surface area contributed by atoms with E-state index in [1.54, 1.807) is 7.11 Å². The third kappa shape index (κ3) is 2.96. The molecule has 0 saturated carbocycles. The molecule has 0 amide bonds. The Balaban J connectivity index is 3.07. The van der Waals surface area contributed by atoms with Crippen molar-refractivity contribution in [1.29, 1.82) is 0 Å². The van der Waals surface area contributed by atoms with Gasteiger partial charge in [-0.3, -0.25) is 0 Å². The molecule has 0 spiro atoms. The molecule has 2 N–H and O–H groups in total. The summed E-state index contributed by atoms with van der Waals surface area (Å²) in [6.45, 7) is 2.50. The normalized spacial score (nSPS) is 13.9. The largest absolute Gasteiger partial charge is 0.379 e. The molecule has 0 aliphatic rings. The van der Waals surface area contributed by atoms with Gasteiger partial charge in [-0.05, 0) is 6.42 Å². The molecule has 0 radical (unpaired) electrons. The van der Waals surface area contributed by atoms with Gasteiger partial charge in [0, 0.05) is 7.11 Å². The van der Waals surface area contributed by atoms with Crippen molar-refractivity contribution < 1.29 is 9.57 Å². The summed E-state index contributed by atoms with van der Waals surface area (Å²) in [5.41, 5.74) is 0. The molecule has 0 aromatic rings. The van der Waals surface area contributed by atoms with Crippen LogP contribution in [0.2, 0.25) is 0 Å². The second-order valence-electron chi connectivity index (χ2n) is 1.60. The van der Waals surface area contributed by atoms with Gasteiger partial charge >= 0.3 is 0 Å². The number of methoxy groups -OCH3 is 1. The van der Waals surface area contributed by atoms with E-state index in [4.69, 9.17) is 10.6 Å². The minimum absolute atomic E-state index is 0.153. The summed E-state index contributed by atoms with van der Waals surface area (Å²) < 4.78 is 4.93. The summed E-state index contributed by atoms with van der Waals surface area (Å²) in [7, 11) is 1.65. The maximum Gasteiger partial charge on any atom is 0.0941 e. The van der Waals surface area contributed by atoms with Gasteiger partial charge in [0.15, 0.2) is 0 Å². The van der Waals surface area contributed by atoms with Crippen LogP contribution in [0.1, 0.15) is 13.3 Å². The van der Waals surface area contributed by atoms with Crippen molar-refractivity contribution in [3.05, 3.63) is 0 Å². The Kier molecular flexibility index (Phi) is 4.95. The van der Waals surface area contributed by atoms with Crippen LogP contribution in [0.4, 0.5) is 0 Å². The van der Waals surface area contributed by atoms with Gasteiger partial charge in [-0.1, -0.05) is 6.92 Å². The van der Waals surface area contributed by atoms with Crippen LogP contribution in [0.5, 0.6) is 0 Å². The minimum Gasteiger partial charge on any atom is -0.379 e. The van der Waals surface area contributed by atoms with Crippen LogP contribution in [0.3, 0.4) is 0 Å². The van der Waals surface area contributed by atoms with Gasteiger partial charge < -0.3 is 9.57 Å². The molecule has 0 saturated heterocycles. The highest BCUT2D eigenvalue weighted by Crippen LogP contribution is 1.93. The molecule has 0 aromatic heterocycles. The molecule has 0 aliphatic carbocycles. The van der Waals surface area contributed by atoms with Gasteiger partial charge in [0.1, 0.15) is 0 Å². The van der Waals surface area contributed by atoms with Gasteiger partial charge in [0.2, 0.25) is 0 Å². The first-order valence-electron chi connectivity index (χ1n) is 2.69. The number of ether oxygens (including phenoxy) is 1. The van der Waals surface area contributed by atoms with E-state index in [9.17, 15) is 0 Å². The predicted octanol–water partition coefficient (Wildman–Crippen LogP) is 0.302. The molecule has 0 heterocycles. The fourth-order valence-corrected chi connectivity index (χ4v) is 0.460. The maximum atomic E-state index is 4.93. The number of hydrogen-bond acceptors (Lipinski definition) is 3. The Labute approximate surface area is 49.7 Å². The molecular weight excluding hydrogens is 106 g/mol. The van der Waals surface area contributed by atoms with Crippen LogP contribution >= 0.6 is 0 Å². The Morgan fingerprint density at radius 1 is 1.62 bits per heavy atom. The van der Waals surface area contributed by atoms with Crippen molar-refractivity contribution in [1.82, 2.24) is 0 Å². The van der Waals surface area contributed by atoms with E-state index >= 15 is 0 Å². The average molecular weight is 119 g/mol. The molecule has 50 valence electrons. The van der Waals surface area contributed by atoms with Gasteiger partial charge in [-0.15, -0.1) is 0 Å². The average Bonchev–Trinajstić information content (AvgIpc) is 1.83. The van der Waals surface area contributed by atoms with Crippen molar-refractivity contribution in [2.45, 2.75) is 19.4 Å². The molecule has 1 atom stereocenters. The van der Waals surface area contributed by atoms with E-state index in [-0.39, 0.29) is 6.10 Å². The summed E-state index contributed by atoms with van der Waals surface area (Å²) in [6.07, 6.45) is 1.09. The van der Waals surface area contributed by atoms with E-state index in [1.807, 2.05) is 6.92 Å². The maximum absolute atomic E-state index is 4.93. The summed E-state index contributed by atoms with van der Waals surface area (Å²) >= 11 is 0. The quantitative estimate of drug-likeness (QED) is 0.541. The van der Waals surface area contributed by atoms with E-state index < -0.39 is 0 Å². The van der Waals surface area contributed by atoms with E-state index in [2.05, 4.69) is 4.84 Å². The first kappa shape index (κ1) is 7.88.